The SMILES string of the molecule is COc1cc(C(=O)Nc2ccccc2-n2cncn2)cc(OC)c1Br. The van der Waals surface area contributed by atoms with Crippen molar-refractivity contribution in [3.63, 3.8) is 0 Å². The Morgan fingerprint density at radius 1 is 1.16 bits per heavy atom. The number of hydrogen-bond acceptors (Lipinski definition) is 5. The lowest BCUT2D eigenvalue weighted by molar-refractivity contribution is 0.102. The van der Waals surface area contributed by atoms with Crippen molar-refractivity contribution in [2.75, 3.05) is 19.5 Å². The molecule has 0 aliphatic heterocycles. The van der Waals surface area contributed by atoms with Gasteiger partial charge in [0.15, 0.2) is 0 Å². The van der Waals surface area contributed by atoms with Gasteiger partial charge in [-0.2, -0.15) is 5.10 Å². The molecule has 2 aromatic carbocycles. The molecule has 1 N–H and O–H groups in total. The monoisotopic (exact) mass is 402 g/mol. The maximum Gasteiger partial charge on any atom is 0.255 e. The molecule has 1 heterocycles. The van der Waals surface area contributed by atoms with Crippen LogP contribution >= 0.6 is 15.9 Å². The molecule has 3 rings (SSSR count). The average Bonchev–Trinajstić information content (AvgIpc) is 3.16. The summed E-state index contributed by atoms with van der Waals surface area (Å²) in [7, 11) is 3.06. The van der Waals surface area contributed by atoms with Gasteiger partial charge in [-0.15, -0.1) is 0 Å². The molecule has 3 aromatic rings. The van der Waals surface area contributed by atoms with Crippen molar-refractivity contribution in [3.8, 4) is 17.2 Å². The largest absolute Gasteiger partial charge is 0.495 e. The number of hydrogen-bond donors (Lipinski definition) is 1. The number of nitrogens with one attached hydrogen (secondary N) is 1. The van der Waals surface area contributed by atoms with Crippen LogP contribution in [-0.2, 0) is 0 Å². The van der Waals surface area contributed by atoms with Crippen molar-refractivity contribution < 1.29 is 14.3 Å². The first-order valence-electron chi connectivity index (χ1n) is 7.31. The van der Waals surface area contributed by atoms with E-state index in [1.165, 1.54) is 20.5 Å². The molecule has 1 aromatic heterocycles. The van der Waals surface area contributed by atoms with Gasteiger partial charge < -0.3 is 14.8 Å². The molecule has 7 nitrogen and oxygen atoms in total. The summed E-state index contributed by atoms with van der Waals surface area (Å²) in [5.41, 5.74) is 1.73. The van der Waals surface area contributed by atoms with E-state index < -0.39 is 0 Å². The lowest BCUT2D eigenvalue weighted by atomic mass is 10.1. The number of ether oxygens (including phenoxy) is 2. The molecule has 0 unspecified atom stereocenters. The van der Waals surface area contributed by atoms with Crippen LogP contribution in [0.4, 0.5) is 5.69 Å². The number of carbonyl (C=O) groups excluding carboxylic acids is 1. The van der Waals surface area contributed by atoms with E-state index in [-0.39, 0.29) is 5.91 Å². The van der Waals surface area contributed by atoms with E-state index in [4.69, 9.17) is 9.47 Å². The van der Waals surface area contributed by atoms with Gasteiger partial charge in [0.1, 0.15) is 28.6 Å². The molecule has 25 heavy (non-hydrogen) atoms. The normalized spacial score (nSPS) is 10.4. The number of anilines is 1. The number of aromatic nitrogens is 3. The quantitative estimate of drug-likeness (QED) is 0.708. The smallest absolute Gasteiger partial charge is 0.255 e. The van der Waals surface area contributed by atoms with Gasteiger partial charge in [0.05, 0.1) is 25.6 Å². The minimum Gasteiger partial charge on any atom is -0.495 e. The van der Waals surface area contributed by atoms with E-state index in [2.05, 4.69) is 31.3 Å². The van der Waals surface area contributed by atoms with Crippen LogP contribution in [0, 0.1) is 0 Å². The Balaban J connectivity index is 1.94. The van der Waals surface area contributed by atoms with E-state index in [1.807, 2.05) is 18.2 Å². The van der Waals surface area contributed by atoms with Gasteiger partial charge in [-0.1, -0.05) is 12.1 Å². The van der Waals surface area contributed by atoms with Crippen molar-refractivity contribution in [1.29, 1.82) is 0 Å². The zero-order chi connectivity index (χ0) is 17.8. The van der Waals surface area contributed by atoms with Crippen LogP contribution in [0.1, 0.15) is 10.4 Å². The zero-order valence-corrected chi connectivity index (χ0v) is 15.1. The van der Waals surface area contributed by atoms with Gasteiger partial charge in [0.25, 0.3) is 5.91 Å². The van der Waals surface area contributed by atoms with Gasteiger partial charge in [-0.05, 0) is 40.2 Å². The maximum atomic E-state index is 12.7. The van der Waals surface area contributed by atoms with Crippen molar-refractivity contribution >= 4 is 27.5 Å². The second-order valence-electron chi connectivity index (χ2n) is 5.01. The molecule has 0 saturated carbocycles. The Morgan fingerprint density at radius 3 is 2.44 bits per heavy atom. The van der Waals surface area contributed by atoms with Gasteiger partial charge >= 0.3 is 0 Å². The van der Waals surface area contributed by atoms with E-state index >= 15 is 0 Å². The molecule has 0 radical (unpaired) electrons. The summed E-state index contributed by atoms with van der Waals surface area (Å²) in [6, 6.07) is 10.6. The first kappa shape index (κ1) is 17.0. The third-order valence-electron chi connectivity index (χ3n) is 3.53. The van der Waals surface area contributed by atoms with Crippen LogP contribution in [0.3, 0.4) is 0 Å². The lowest BCUT2D eigenvalue weighted by Crippen LogP contribution is -2.14. The van der Waals surface area contributed by atoms with Crippen molar-refractivity contribution in [2.24, 2.45) is 0 Å². The number of carbonyl (C=O) groups is 1. The summed E-state index contributed by atoms with van der Waals surface area (Å²) in [6.45, 7) is 0. The second-order valence-corrected chi connectivity index (χ2v) is 5.80. The highest BCUT2D eigenvalue weighted by Gasteiger charge is 2.16. The minimum absolute atomic E-state index is 0.295. The van der Waals surface area contributed by atoms with E-state index in [0.29, 0.717) is 32.9 Å². The molecule has 0 fully saturated rings. The molecule has 0 atom stereocenters. The predicted molar refractivity (Wildman–Crippen MR) is 96.6 cm³/mol. The first-order valence-corrected chi connectivity index (χ1v) is 8.10. The highest BCUT2D eigenvalue weighted by Crippen LogP contribution is 2.35. The molecular weight excluding hydrogens is 388 g/mol. The third kappa shape index (κ3) is 3.48. The molecule has 8 heteroatoms. The lowest BCUT2D eigenvalue weighted by Gasteiger charge is -2.13. The Labute approximate surface area is 152 Å². The Hall–Kier alpha value is -2.87. The van der Waals surface area contributed by atoms with E-state index in [1.54, 1.807) is 29.2 Å². The first-order chi connectivity index (χ1) is 12.1. The fraction of sp³-hybridized carbons (Fsp3) is 0.118. The van der Waals surface area contributed by atoms with Crippen LogP contribution in [0.15, 0.2) is 53.5 Å². The van der Waals surface area contributed by atoms with Gasteiger partial charge in [-0.3, -0.25) is 4.79 Å². The van der Waals surface area contributed by atoms with Gasteiger partial charge in [-0.25, -0.2) is 9.67 Å². The minimum atomic E-state index is -0.295. The topological polar surface area (TPSA) is 78.3 Å². The maximum absolute atomic E-state index is 12.7. The van der Waals surface area contributed by atoms with Crippen LogP contribution in [0.5, 0.6) is 11.5 Å². The number of nitrogens with zero attached hydrogens (tertiary/aromatic N) is 3. The number of amides is 1. The second kappa shape index (κ2) is 7.35. The average molecular weight is 403 g/mol. The van der Waals surface area contributed by atoms with E-state index in [0.717, 1.165) is 0 Å². The number of para-hydroxylation sites is 2. The van der Waals surface area contributed by atoms with Crippen LogP contribution < -0.4 is 14.8 Å². The Bertz CT molecular complexity index is 872. The van der Waals surface area contributed by atoms with Gasteiger partial charge in [0.2, 0.25) is 0 Å². The molecule has 0 spiro atoms. The number of rotatable bonds is 5. The highest BCUT2D eigenvalue weighted by molar-refractivity contribution is 9.10. The standard InChI is InChI=1S/C17H15BrN4O3/c1-24-14-7-11(8-15(25-2)16(14)18)17(23)21-12-5-3-4-6-13(12)22-10-19-9-20-22/h3-10H,1-2H3,(H,21,23). The van der Waals surface area contributed by atoms with Crippen molar-refractivity contribution in [3.05, 3.63) is 59.1 Å². The molecule has 0 saturated heterocycles. The Morgan fingerprint density at radius 2 is 1.84 bits per heavy atom. The van der Waals surface area contributed by atoms with E-state index in [9.17, 15) is 4.79 Å². The summed E-state index contributed by atoms with van der Waals surface area (Å²) < 4.78 is 12.8. The summed E-state index contributed by atoms with van der Waals surface area (Å²) in [5, 5.41) is 6.98. The molecule has 0 bridgehead atoms. The zero-order valence-electron chi connectivity index (χ0n) is 13.6. The van der Waals surface area contributed by atoms with Crippen LogP contribution in [-0.4, -0.2) is 34.9 Å². The molecule has 1 amide bonds. The number of methoxy groups -OCH3 is 2. The number of benzene rings is 2. The van der Waals surface area contributed by atoms with Crippen LogP contribution in [0.25, 0.3) is 5.69 Å². The van der Waals surface area contributed by atoms with Gasteiger partial charge in [0, 0.05) is 5.56 Å². The van der Waals surface area contributed by atoms with Crippen LogP contribution in [0.2, 0.25) is 0 Å². The fourth-order valence-corrected chi connectivity index (χ4v) is 2.86. The summed E-state index contributed by atoms with van der Waals surface area (Å²) in [5.74, 6) is 0.722. The molecule has 0 aliphatic carbocycles. The Kier molecular flexibility index (Phi) is 4.99. The predicted octanol–water partition coefficient (Wildman–Crippen LogP) is 3.30. The summed E-state index contributed by atoms with van der Waals surface area (Å²) >= 11 is 3.39. The summed E-state index contributed by atoms with van der Waals surface area (Å²) in [4.78, 5) is 16.6. The molecule has 128 valence electrons. The third-order valence-corrected chi connectivity index (χ3v) is 4.31. The summed E-state index contributed by atoms with van der Waals surface area (Å²) in [6.07, 6.45) is 3.00. The number of halogens is 1. The molecular formula is C17H15BrN4O3. The fourth-order valence-electron chi connectivity index (χ4n) is 2.31. The van der Waals surface area contributed by atoms with Crippen molar-refractivity contribution in [1.82, 2.24) is 14.8 Å². The van der Waals surface area contributed by atoms with Crippen molar-refractivity contribution in [2.45, 2.75) is 0 Å². The highest BCUT2D eigenvalue weighted by atomic mass is 79.9. The molecule has 0 aliphatic rings.